The van der Waals surface area contributed by atoms with Crippen LogP contribution >= 0.6 is 11.6 Å². The lowest BCUT2D eigenvalue weighted by atomic mass is 10.1. The molecule has 0 aliphatic heterocycles. The van der Waals surface area contributed by atoms with Crippen molar-refractivity contribution in [2.24, 2.45) is 0 Å². The summed E-state index contributed by atoms with van der Waals surface area (Å²) in [5.74, 6) is 1.56. The van der Waals surface area contributed by atoms with Gasteiger partial charge in [-0.1, -0.05) is 29.8 Å². The summed E-state index contributed by atoms with van der Waals surface area (Å²) in [4.78, 5) is 0. The lowest BCUT2D eigenvalue weighted by Gasteiger charge is -2.15. The van der Waals surface area contributed by atoms with Crippen molar-refractivity contribution in [2.75, 3.05) is 14.2 Å². The second kappa shape index (κ2) is 7.34. The molecule has 2 aromatic rings. The fourth-order valence-electron chi connectivity index (χ4n) is 2.12. The van der Waals surface area contributed by atoms with Crippen LogP contribution in [-0.2, 0) is 6.54 Å². The molecule has 2 aromatic carbocycles. The summed E-state index contributed by atoms with van der Waals surface area (Å²) in [5.41, 5.74) is 2.31. The van der Waals surface area contributed by atoms with E-state index in [1.165, 1.54) is 5.56 Å². The number of hydrogen-bond donors (Lipinski definition) is 1. The highest BCUT2D eigenvalue weighted by Crippen LogP contribution is 2.25. The van der Waals surface area contributed by atoms with E-state index in [4.69, 9.17) is 21.1 Å². The van der Waals surface area contributed by atoms with Crippen molar-refractivity contribution in [3.05, 3.63) is 58.6 Å². The number of ether oxygens (including phenoxy) is 2. The summed E-state index contributed by atoms with van der Waals surface area (Å²) in [6.45, 7) is 2.86. The van der Waals surface area contributed by atoms with Crippen LogP contribution in [0.25, 0.3) is 0 Å². The van der Waals surface area contributed by atoms with Crippen molar-refractivity contribution in [2.45, 2.75) is 19.5 Å². The molecule has 0 aliphatic carbocycles. The Kier molecular flexibility index (Phi) is 5.48. The predicted molar refractivity (Wildman–Crippen MR) is 86.3 cm³/mol. The number of halogens is 1. The predicted octanol–water partition coefficient (Wildman–Crippen LogP) is 4.21. The van der Waals surface area contributed by atoms with Crippen molar-refractivity contribution in [1.29, 1.82) is 0 Å². The Bertz CT molecular complexity index is 601. The monoisotopic (exact) mass is 305 g/mol. The molecule has 0 radical (unpaired) electrons. The van der Waals surface area contributed by atoms with E-state index in [0.29, 0.717) is 10.8 Å². The Morgan fingerprint density at radius 3 is 2.57 bits per heavy atom. The van der Waals surface area contributed by atoms with E-state index in [1.807, 2.05) is 36.4 Å². The standard InChI is InChI=1S/C17H20ClNO2/c1-12(14-5-4-6-15(10-14)20-2)19-11-13-7-8-17(21-3)16(18)9-13/h4-10,12,19H,11H2,1-3H3/t12-/m1/s1. The molecule has 112 valence electrons. The van der Waals surface area contributed by atoms with Crippen molar-refractivity contribution in [3.63, 3.8) is 0 Å². The van der Waals surface area contributed by atoms with Crippen LogP contribution in [0.1, 0.15) is 24.1 Å². The molecule has 21 heavy (non-hydrogen) atoms. The van der Waals surface area contributed by atoms with Crippen molar-refractivity contribution in [3.8, 4) is 11.5 Å². The molecule has 1 atom stereocenters. The van der Waals surface area contributed by atoms with Gasteiger partial charge in [-0.2, -0.15) is 0 Å². The van der Waals surface area contributed by atoms with Crippen molar-refractivity contribution >= 4 is 11.6 Å². The molecule has 0 fully saturated rings. The minimum atomic E-state index is 0.223. The summed E-state index contributed by atoms with van der Waals surface area (Å²) in [5, 5.41) is 4.11. The highest BCUT2D eigenvalue weighted by molar-refractivity contribution is 6.32. The molecule has 0 saturated carbocycles. The lowest BCUT2D eigenvalue weighted by Crippen LogP contribution is -2.18. The summed E-state index contributed by atoms with van der Waals surface area (Å²) in [6.07, 6.45) is 0. The molecule has 0 aromatic heterocycles. The molecule has 0 bridgehead atoms. The maximum atomic E-state index is 6.13. The van der Waals surface area contributed by atoms with Gasteiger partial charge in [-0.3, -0.25) is 0 Å². The first kappa shape index (κ1) is 15.7. The second-order valence-corrected chi connectivity index (χ2v) is 5.26. The first-order valence-electron chi connectivity index (χ1n) is 6.83. The first-order chi connectivity index (χ1) is 10.1. The van der Waals surface area contributed by atoms with Crippen molar-refractivity contribution in [1.82, 2.24) is 5.32 Å². The molecule has 0 unspecified atom stereocenters. The normalized spacial score (nSPS) is 12.0. The van der Waals surface area contributed by atoms with Crippen LogP contribution in [-0.4, -0.2) is 14.2 Å². The number of methoxy groups -OCH3 is 2. The van der Waals surface area contributed by atoms with Gasteiger partial charge in [-0.15, -0.1) is 0 Å². The molecule has 0 aliphatic rings. The maximum absolute atomic E-state index is 6.13. The fourth-order valence-corrected chi connectivity index (χ4v) is 2.40. The third-order valence-corrected chi connectivity index (χ3v) is 3.72. The molecule has 0 amide bonds. The van der Waals surface area contributed by atoms with Crippen LogP contribution < -0.4 is 14.8 Å². The molecule has 0 spiro atoms. The smallest absolute Gasteiger partial charge is 0.137 e. The van der Waals surface area contributed by atoms with Gasteiger partial charge in [0, 0.05) is 12.6 Å². The van der Waals surface area contributed by atoms with Crippen molar-refractivity contribution < 1.29 is 9.47 Å². The van der Waals surface area contributed by atoms with Gasteiger partial charge in [0.1, 0.15) is 11.5 Å². The zero-order valence-corrected chi connectivity index (χ0v) is 13.3. The van der Waals surface area contributed by atoms with E-state index >= 15 is 0 Å². The molecule has 1 N–H and O–H groups in total. The molecule has 3 nitrogen and oxygen atoms in total. The number of hydrogen-bond acceptors (Lipinski definition) is 3. The summed E-state index contributed by atoms with van der Waals surface area (Å²) >= 11 is 6.13. The average molecular weight is 306 g/mol. The van der Waals surface area contributed by atoms with Gasteiger partial charge in [0.25, 0.3) is 0 Å². The SMILES string of the molecule is COc1cccc([C@@H](C)NCc2ccc(OC)c(Cl)c2)c1. The Morgan fingerprint density at radius 2 is 1.90 bits per heavy atom. The Balaban J connectivity index is 2.00. The van der Waals surface area contributed by atoms with Gasteiger partial charge in [-0.25, -0.2) is 0 Å². The number of benzene rings is 2. The van der Waals surface area contributed by atoms with E-state index < -0.39 is 0 Å². The van der Waals surface area contributed by atoms with Gasteiger partial charge in [0.05, 0.1) is 19.2 Å². The van der Waals surface area contributed by atoms with E-state index in [0.717, 1.165) is 17.9 Å². The molecule has 0 heterocycles. The zero-order valence-electron chi connectivity index (χ0n) is 12.5. The fraction of sp³-hybridized carbons (Fsp3) is 0.294. The minimum Gasteiger partial charge on any atom is -0.497 e. The van der Waals surface area contributed by atoms with Gasteiger partial charge >= 0.3 is 0 Å². The van der Waals surface area contributed by atoms with E-state index in [2.05, 4.69) is 18.3 Å². The topological polar surface area (TPSA) is 30.5 Å². The lowest BCUT2D eigenvalue weighted by molar-refractivity contribution is 0.413. The van der Waals surface area contributed by atoms with Crippen LogP contribution in [0.4, 0.5) is 0 Å². The number of rotatable bonds is 6. The van der Waals surface area contributed by atoms with E-state index in [1.54, 1.807) is 14.2 Å². The molecule has 0 saturated heterocycles. The van der Waals surface area contributed by atoms with Crippen LogP contribution in [0.15, 0.2) is 42.5 Å². The molecular formula is C17H20ClNO2. The summed E-state index contributed by atoms with van der Waals surface area (Å²) in [6, 6.07) is 14.1. The van der Waals surface area contributed by atoms with E-state index in [9.17, 15) is 0 Å². The van der Waals surface area contributed by atoms with Gasteiger partial charge in [0.2, 0.25) is 0 Å². The third-order valence-electron chi connectivity index (χ3n) is 3.42. The second-order valence-electron chi connectivity index (χ2n) is 4.85. The molecular weight excluding hydrogens is 286 g/mol. The van der Waals surface area contributed by atoms with Gasteiger partial charge in [0.15, 0.2) is 0 Å². The van der Waals surface area contributed by atoms with Gasteiger partial charge in [-0.05, 0) is 42.3 Å². The summed E-state index contributed by atoms with van der Waals surface area (Å²) in [7, 11) is 3.29. The average Bonchev–Trinajstić information content (AvgIpc) is 2.52. The van der Waals surface area contributed by atoms with E-state index in [-0.39, 0.29) is 6.04 Å². The van der Waals surface area contributed by atoms with Crippen LogP contribution in [0.5, 0.6) is 11.5 Å². The minimum absolute atomic E-state index is 0.223. The zero-order chi connectivity index (χ0) is 15.2. The Labute approximate surface area is 130 Å². The van der Waals surface area contributed by atoms with Crippen LogP contribution in [0.3, 0.4) is 0 Å². The largest absolute Gasteiger partial charge is 0.497 e. The van der Waals surface area contributed by atoms with Gasteiger partial charge < -0.3 is 14.8 Å². The third kappa shape index (κ3) is 4.13. The van der Waals surface area contributed by atoms with Crippen LogP contribution in [0, 0.1) is 0 Å². The first-order valence-corrected chi connectivity index (χ1v) is 7.21. The Morgan fingerprint density at radius 1 is 1.10 bits per heavy atom. The molecule has 4 heteroatoms. The Hall–Kier alpha value is -1.71. The maximum Gasteiger partial charge on any atom is 0.137 e. The molecule has 2 rings (SSSR count). The number of nitrogens with one attached hydrogen (secondary N) is 1. The quantitative estimate of drug-likeness (QED) is 0.867. The van der Waals surface area contributed by atoms with Crippen LogP contribution in [0.2, 0.25) is 5.02 Å². The highest BCUT2D eigenvalue weighted by atomic mass is 35.5. The highest BCUT2D eigenvalue weighted by Gasteiger charge is 2.07. The summed E-state index contributed by atoms with van der Waals surface area (Å²) < 4.78 is 10.4.